The Morgan fingerprint density at radius 1 is 1.21 bits per heavy atom. The van der Waals surface area contributed by atoms with Crippen molar-refractivity contribution < 1.29 is 18.0 Å². The molecule has 0 aliphatic heterocycles. The van der Waals surface area contributed by atoms with Gasteiger partial charge in [-0.2, -0.15) is 23.2 Å². The van der Waals surface area contributed by atoms with E-state index >= 15 is 0 Å². The second kappa shape index (κ2) is 7.48. The van der Waals surface area contributed by atoms with Gasteiger partial charge in [0, 0.05) is 11.3 Å². The normalized spacial score (nSPS) is 12.2. The summed E-state index contributed by atoms with van der Waals surface area (Å²) in [6, 6.07) is 12.0. The zero-order valence-electron chi connectivity index (χ0n) is 14.5. The van der Waals surface area contributed by atoms with Crippen LogP contribution in [0.3, 0.4) is 0 Å². The van der Waals surface area contributed by atoms with E-state index in [2.05, 4.69) is 20.7 Å². The third-order valence-electron chi connectivity index (χ3n) is 3.86. The molecule has 0 bridgehead atoms. The van der Waals surface area contributed by atoms with Crippen LogP contribution < -0.4 is 5.32 Å². The number of carbonyl (C=O) groups is 1. The molecule has 1 N–H and O–H groups in total. The number of hydrogen-bond donors (Lipinski definition) is 1. The molecule has 3 aromatic rings. The number of halogens is 3. The SMILES string of the molecule is CC(C(=O)Nc1cccc(C#N)c1)n1nnc(-c2cccc(C(F)(F)F)c2)n1. The summed E-state index contributed by atoms with van der Waals surface area (Å²) in [6.45, 7) is 1.51. The number of aromatic nitrogens is 4. The minimum absolute atomic E-state index is 0.0303. The van der Waals surface area contributed by atoms with Gasteiger partial charge in [-0.05, 0) is 42.5 Å². The third-order valence-corrected chi connectivity index (χ3v) is 3.86. The van der Waals surface area contributed by atoms with E-state index in [1.165, 1.54) is 25.1 Å². The summed E-state index contributed by atoms with van der Waals surface area (Å²) in [4.78, 5) is 13.4. The van der Waals surface area contributed by atoms with Crippen molar-refractivity contribution in [3.8, 4) is 17.5 Å². The fraction of sp³-hybridized carbons (Fsp3) is 0.167. The van der Waals surface area contributed by atoms with Crippen molar-refractivity contribution in [3.05, 3.63) is 59.7 Å². The summed E-state index contributed by atoms with van der Waals surface area (Å²) >= 11 is 0. The van der Waals surface area contributed by atoms with Crippen LogP contribution in [-0.4, -0.2) is 26.1 Å². The summed E-state index contributed by atoms with van der Waals surface area (Å²) in [5, 5.41) is 23.0. The Morgan fingerprint density at radius 3 is 2.68 bits per heavy atom. The van der Waals surface area contributed by atoms with E-state index in [4.69, 9.17) is 5.26 Å². The molecule has 142 valence electrons. The van der Waals surface area contributed by atoms with E-state index in [9.17, 15) is 18.0 Å². The molecule has 0 saturated carbocycles. The van der Waals surface area contributed by atoms with Crippen LogP contribution in [0.2, 0.25) is 0 Å². The topological polar surface area (TPSA) is 96.5 Å². The summed E-state index contributed by atoms with van der Waals surface area (Å²) in [7, 11) is 0. The molecule has 0 aliphatic rings. The molecule has 1 atom stereocenters. The quantitative estimate of drug-likeness (QED) is 0.741. The molecular formula is C18H13F3N6O. The fourth-order valence-electron chi connectivity index (χ4n) is 2.36. The first-order valence-electron chi connectivity index (χ1n) is 8.06. The van der Waals surface area contributed by atoms with Gasteiger partial charge in [0.15, 0.2) is 0 Å². The minimum atomic E-state index is -4.49. The first kappa shape index (κ1) is 19.0. The average Bonchev–Trinajstić information content (AvgIpc) is 3.17. The van der Waals surface area contributed by atoms with Crippen molar-refractivity contribution in [3.63, 3.8) is 0 Å². The number of rotatable bonds is 4. The number of benzene rings is 2. The summed E-state index contributed by atoms with van der Waals surface area (Å²) in [5.41, 5.74) is 0.116. The van der Waals surface area contributed by atoms with Crippen molar-refractivity contribution in [2.24, 2.45) is 0 Å². The van der Waals surface area contributed by atoms with Gasteiger partial charge in [0.2, 0.25) is 5.82 Å². The Balaban J connectivity index is 1.78. The highest BCUT2D eigenvalue weighted by Gasteiger charge is 2.31. The molecule has 1 aromatic heterocycles. The number of nitriles is 1. The second-order valence-electron chi connectivity index (χ2n) is 5.87. The maximum atomic E-state index is 12.8. The summed E-state index contributed by atoms with van der Waals surface area (Å²) in [5.74, 6) is -0.500. The van der Waals surface area contributed by atoms with Crippen LogP contribution in [-0.2, 0) is 11.0 Å². The van der Waals surface area contributed by atoms with E-state index in [0.717, 1.165) is 16.9 Å². The van der Waals surface area contributed by atoms with Gasteiger partial charge in [-0.1, -0.05) is 18.2 Å². The maximum absolute atomic E-state index is 12.8. The number of anilines is 1. The summed E-state index contributed by atoms with van der Waals surface area (Å²) < 4.78 is 38.5. The van der Waals surface area contributed by atoms with Crippen LogP contribution >= 0.6 is 0 Å². The monoisotopic (exact) mass is 386 g/mol. The lowest BCUT2D eigenvalue weighted by Crippen LogP contribution is -2.25. The molecule has 0 aliphatic carbocycles. The number of carbonyl (C=O) groups excluding carboxylic acids is 1. The lowest BCUT2D eigenvalue weighted by Gasteiger charge is -2.11. The Bertz CT molecular complexity index is 1050. The number of hydrogen-bond acceptors (Lipinski definition) is 5. The predicted molar refractivity (Wildman–Crippen MR) is 92.8 cm³/mol. The second-order valence-corrected chi connectivity index (χ2v) is 5.87. The zero-order chi connectivity index (χ0) is 20.3. The first-order valence-corrected chi connectivity index (χ1v) is 8.06. The standard InChI is InChI=1S/C18H13F3N6O/c1-11(17(28)23-15-7-2-4-12(8-15)10-22)27-25-16(24-26-27)13-5-3-6-14(9-13)18(19,20)21/h2-9,11H,1H3,(H,23,28). The smallest absolute Gasteiger partial charge is 0.324 e. The predicted octanol–water partition coefficient (Wildman–Crippen LogP) is 3.43. The molecule has 2 aromatic carbocycles. The van der Waals surface area contributed by atoms with Crippen molar-refractivity contribution in [1.82, 2.24) is 20.2 Å². The Labute approximate surface area is 157 Å². The van der Waals surface area contributed by atoms with Gasteiger partial charge in [-0.25, -0.2) is 0 Å². The lowest BCUT2D eigenvalue weighted by atomic mass is 10.1. The van der Waals surface area contributed by atoms with Crippen molar-refractivity contribution in [2.45, 2.75) is 19.1 Å². The molecule has 28 heavy (non-hydrogen) atoms. The molecule has 0 radical (unpaired) electrons. The lowest BCUT2D eigenvalue weighted by molar-refractivity contribution is -0.137. The Morgan fingerprint density at radius 2 is 1.96 bits per heavy atom. The van der Waals surface area contributed by atoms with Crippen LogP contribution in [0.4, 0.5) is 18.9 Å². The zero-order valence-corrected chi connectivity index (χ0v) is 14.5. The molecule has 1 amide bonds. The Hall–Kier alpha value is -3.74. The molecule has 10 heteroatoms. The van der Waals surface area contributed by atoms with E-state index in [1.807, 2.05) is 6.07 Å². The number of nitrogens with zero attached hydrogens (tertiary/aromatic N) is 5. The number of alkyl halides is 3. The number of tetrazole rings is 1. The van der Waals surface area contributed by atoms with Crippen molar-refractivity contribution in [1.29, 1.82) is 5.26 Å². The van der Waals surface area contributed by atoms with Crippen LogP contribution in [0.5, 0.6) is 0 Å². The molecule has 0 saturated heterocycles. The highest BCUT2D eigenvalue weighted by molar-refractivity contribution is 5.93. The van der Waals surface area contributed by atoms with Crippen molar-refractivity contribution >= 4 is 11.6 Å². The van der Waals surface area contributed by atoms with Gasteiger partial charge in [0.1, 0.15) is 6.04 Å². The highest BCUT2D eigenvalue weighted by Crippen LogP contribution is 2.31. The van der Waals surface area contributed by atoms with Crippen LogP contribution in [0.25, 0.3) is 11.4 Å². The van der Waals surface area contributed by atoms with E-state index in [-0.39, 0.29) is 11.4 Å². The molecule has 1 heterocycles. The third kappa shape index (κ3) is 4.15. The van der Waals surface area contributed by atoms with Crippen LogP contribution in [0.1, 0.15) is 24.1 Å². The molecule has 7 nitrogen and oxygen atoms in total. The first-order chi connectivity index (χ1) is 13.3. The fourth-order valence-corrected chi connectivity index (χ4v) is 2.36. The molecular weight excluding hydrogens is 373 g/mol. The Kier molecular flexibility index (Phi) is 5.08. The van der Waals surface area contributed by atoms with Crippen LogP contribution in [0.15, 0.2) is 48.5 Å². The summed E-state index contributed by atoms with van der Waals surface area (Å²) in [6.07, 6.45) is -4.49. The molecule has 1 unspecified atom stereocenters. The van der Waals surface area contributed by atoms with Gasteiger partial charge >= 0.3 is 6.18 Å². The molecule has 3 rings (SSSR count). The highest BCUT2D eigenvalue weighted by atomic mass is 19.4. The number of nitrogens with one attached hydrogen (secondary N) is 1. The van der Waals surface area contributed by atoms with Gasteiger partial charge in [-0.15, -0.1) is 10.2 Å². The van der Waals surface area contributed by atoms with Gasteiger partial charge in [0.25, 0.3) is 5.91 Å². The largest absolute Gasteiger partial charge is 0.416 e. The number of amides is 1. The van der Waals surface area contributed by atoms with E-state index < -0.39 is 23.7 Å². The van der Waals surface area contributed by atoms with Gasteiger partial charge in [0.05, 0.1) is 17.2 Å². The maximum Gasteiger partial charge on any atom is 0.416 e. The van der Waals surface area contributed by atoms with E-state index in [0.29, 0.717) is 11.3 Å². The molecule has 0 spiro atoms. The average molecular weight is 386 g/mol. The van der Waals surface area contributed by atoms with Gasteiger partial charge in [-0.3, -0.25) is 4.79 Å². The molecule has 0 fully saturated rings. The van der Waals surface area contributed by atoms with Gasteiger partial charge < -0.3 is 5.32 Å². The van der Waals surface area contributed by atoms with E-state index in [1.54, 1.807) is 18.2 Å². The van der Waals surface area contributed by atoms with Crippen molar-refractivity contribution in [2.75, 3.05) is 5.32 Å². The van der Waals surface area contributed by atoms with Crippen LogP contribution in [0, 0.1) is 11.3 Å². The minimum Gasteiger partial charge on any atom is -0.324 e.